The molecule has 6 heteroatoms. The van der Waals surface area contributed by atoms with Gasteiger partial charge >= 0.3 is 0 Å². The Bertz CT molecular complexity index is 369. The first-order chi connectivity index (χ1) is 8.70. The molecule has 0 bridgehead atoms. The summed E-state index contributed by atoms with van der Waals surface area (Å²) in [6.07, 6.45) is 1.65. The van der Waals surface area contributed by atoms with Crippen LogP contribution >= 0.6 is 0 Å². The number of hydrogen-bond acceptors (Lipinski definition) is 6. The SMILES string of the molecule is CCOC[C@H](O)CN1CCC[C@@H]1c1noc(C)n1. The number of hydrogen-bond donors (Lipinski definition) is 1. The van der Waals surface area contributed by atoms with E-state index in [1.54, 1.807) is 6.92 Å². The lowest BCUT2D eigenvalue weighted by Gasteiger charge is -2.24. The van der Waals surface area contributed by atoms with Crippen LogP contribution in [-0.4, -0.2) is 52.6 Å². The summed E-state index contributed by atoms with van der Waals surface area (Å²) in [7, 11) is 0. The summed E-state index contributed by atoms with van der Waals surface area (Å²) in [5.41, 5.74) is 0. The molecular formula is C12H21N3O3. The Labute approximate surface area is 107 Å². The van der Waals surface area contributed by atoms with Crippen molar-refractivity contribution in [2.45, 2.75) is 38.8 Å². The Morgan fingerprint density at radius 3 is 3.11 bits per heavy atom. The summed E-state index contributed by atoms with van der Waals surface area (Å²) < 4.78 is 10.2. The van der Waals surface area contributed by atoms with Crippen LogP contribution in [0.1, 0.15) is 37.5 Å². The fourth-order valence-electron chi connectivity index (χ4n) is 2.36. The third-order valence-electron chi connectivity index (χ3n) is 3.16. The van der Waals surface area contributed by atoms with Crippen LogP contribution in [0.3, 0.4) is 0 Å². The van der Waals surface area contributed by atoms with Crippen LogP contribution < -0.4 is 0 Å². The molecular weight excluding hydrogens is 234 g/mol. The van der Waals surface area contributed by atoms with Gasteiger partial charge in [-0.15, -0.1) is 0 Å². The molecule has 0 aliphatic carbocycles. The maximum Gasteiger partial charge on any atom is 0.223 e. The maximum atomic E-state index is 9.88. The minimum Gasteiger partial charge on any atom is -0.389 e. The van der Waals surface area contributed by atoms with Crippen molar-refractivity contribution >= 4 is 0 Å². The first-order valence-electron chi connectivity index (χ1n) is 6.50. The van der Waals surface area contributed by atoms with Gasteiger partial charge < -0.3 is 14.4 Å². The largest absolute Gasteiger partial charge is 0.389 e. The predicted molar refractivity (Wildman–Crippen MR) is 65.1 cm³/mol. The zero-order valence-corrected chi connectivity index (χ0v) is 11.0. The van der Waals surface area contributed by atoms with E-state index in [0.717, 1.165) is 25.2 Å². The molecule has 102 valence electrons. The lowest BCUT2D eigenvalue weighted by atomic mass is 10.2. The average Bonchev–Trinajstić information content (AvgIpc) is 2.95. The molecule has 1 aliphatic rings. The summed E-state index contributed by atoms with van der Waals surface area (Å²) in [6.45, 7) is 6.28. The molecule has 1 aromatic heterocycles. The standard InChI is InChI=1S/C12H21N3O3/c1-3-17-8-10(16)7-15-6-4-5-11(15)12-13-9(2)18-14-12/h10-11,16H,3-8H2,1-2H3/t10-,11-/m1/s1. The van der Waals surface area contributed by atoms with Gasteiger partial charge in [0.1, 0.15) is 0 Å². The van der Waals surface area contributed by atoms with Crippen LogP contribution in [0.5, 0.6) is 0 Å². The molecule has 2 rings (SSSR count). The molecule has 1 aromatic rings. The van der Waals surface area contributed by atoms with Gasteiger partial charge in [-0.1, -0.05) is 5.16 Å². The van der Waals surface area contributed by atoms with Crippen molar-refractivity contribution in [3.63, 3.8) is 0 Å². The Hall–Kier alpha value is -0.980. The van der Waals surface area contributed by atoms with E-state index in [9.17, 15) is 5.11 Å². The van der Waals surface area contributed by atoms with Gasteiger partial charge in [0.25, 0.3) is 0 Å². The van der Waals surface area contributed by atoms with E-state index >= 15 is 0 Å². The molecule has 0 radical (unpaired) electrons. The molecule has 0 aromatic carbocycles. The van der Waals surface area contributed by atoms with Crippen molar-refractivity contribution in [1.82, 2.24) is 15.0 Å². The van der Waals surface area contributed by atoms with Crippen LogP contribution in [0.4, 0.5) is 0 Å². The topological polar surface area (TPSA) is 71.6 Å². The smallest absolute Gasteiger partial charge is 0.223 e. The number of aromatic nitrogens is 2. The molecule has 0 saturated carbocycles. The fraction of sp³-hybridized carbons (Fsp3) is 0.833. The van der Waals surface area contributed by atoms with E-state index in [1.807, 2.05) is 6.92 Å². The number of aryl methyl sites for hydroxylation is 1. The number of aliphatic hydroxyl groups is 1. The van der Waals surface area contributed by atoms with Crippen molar-refractivity contribution < 1.29 is 14.4 Å². The highest BCUT2D eigenvalue weighted by atomic mass is 16.5. The van der Waals surface area contributed by atoms with Crippen molar-refractivity contribution in [2.24, 2.45) is 0 Å². The lowest BCUT2D eigenvalue weighted by Crippen LogP contribution is -2.35. The molecule has 1 N–H and O–H groups in total. The minimum absolute atomic E-state index is 0.165. The molecule has 2 heterocycles. The highest BCUT2D eigenvalue weighted by Crippen LogP contribution is 2.29. The second-order valence-electron chi connectivity index (χ2n) is 4.64. The lowest BCUT2D eigenvalue weighted by molar-refractivity contribution is 0.0179. The van der Waals surface area contributed by atoms with Gasteiger partial charge in [0, 0.05) is 20.1 Å². The quantitative estimate of drug-likeness (QED) is 0.814. The normalized spacial score (nSPS) is 22.5. The van der Waals surface area contributed by atoms with Crippen LogP contribution in [0.25, 0.3) is 0 Å². The molecule has 0 spiro atoms. The van der Waals surface area contributed by atoms with Crippen molar-refractivity contribution in [1.29, 1.82) is 0 Å². The molecule has 18 heavy (non-hydrogen) atoms. The number of β-amino-alcohol motifs (C(OH)–C–C–N with tert-alkyl or cyclic N) is 1. The van der Waals surface area contributed by atoms with Gasteiger partial charge in [-0.05, 0) is 26.3 Å². The summed E-state index contributed by atoms with van der Waals surface area (Å²) in [6, 6.07) is 0.165. The zero-order chi connectivity index (χ0) is 13.0. The number of rotatable bonds is 6. The molecule has 1 saturated heterocycles. The molecule has 1 aliphatic heterocycles. The molecule has 0 amide bonds. The van der Waals surface area contributed by atoms with Gasteiger partial charge in [-0.25, -0.2) is 0 Å². The minimum atomic E-state index is -0.460. The van der Waals surface area contributed by atoms with E-state index in [1.165, 1.54) is 0 Å². The maximum absolute atomic E-state index is 9.88. The average molecular weight is 255 g/mol. The summed E-state index contributed by atoms with van der Waals surface area (Å²) >= 11 is 0. The monoisotopic (exact) mass is 255 g/mol. The van der Waals surface area contributed by atoms with Crippen molar-refractivity contribution in [2.75, 3.05) is 26.3 Å². The molecule has 6 nitrogen and oxygen atoms in total. The van der Waals surface area contributed by atoms with Gasteiger partial charge in [-0.2, -0.15) is 4.98 Å². The Morgan fingerprint density at radius 2 is 2.44 bits per heavy atom. The van der Waals surface area contributed by atoms with Crippen LogP contribution in [0.2, 0.25) is 0 Å². The van der Waals surface area contributed by atoms with Gasteiger partial charge in [0.2, 0.25) is 5.89 Å². The van der Waals surface area contributed by atoms with Crippen molar-refractivity contribution in [3.8, 4) is 0 Å². The number of likely N-dealkylation sites (tertiary alicyclic amines) is 1. The van der Waals surface area contributed by atoms with E-state index in [4.69, 9.17) is 9.26 Å². The van der Waals surface area contributed by atoms with Crippen LogP contribution in [0, 0.1) is 6.92 Å². The highest BCUT2D eigenvalue weighted by molar-refractivity contribution is 4.97. The Kier molecular flexibility index (Phi) is 4.68. The molecule has 1 fully saturated rings. The van der Waals surface area contributed by atoms with Crippen LogP contribution in [0.15, 0.2) is 4.52 Å². The van der Waals surface area contributed by atoms with Gasteiger partial charge in [0.05, 0.1) is 18.8 Å². The highest BCUT2D eigenvalue weighted by Gasteiger charge is 2.30. The summed E-state index contributed by atoms with van der Waals surface area (Å²) in [4.78, 5) is 6.48. The molecule has 2 atom stereocenters. The third kappa shape index (κ3) is 3.28. The third-order valence-corrected chi connectivity index (χ3v) is 3.16. The first kappa shape index (κ1) is 13.5. The van der Waals surface area contributed by atoms with E-state index in [-0.39, 0.29) is 6.04 Å². The zero-order valence-electron chi connectivity index (χ0n) is 11.0. The number of ether oxygens (including phenoxy) is 1. The number of aliphatic hydroxyl groups excluding tert-OH is 1. The summed E-state index contributed by atoms with van der Waals surface area (Å²) in [5.74, 6) is 1.32. The number of nitrogens with zero attached hydrogens (tertiary/aromatic N) is 3. The van der Waals surface area contributed by atoms with Gasteiger partial charge in [-0.3, -0.25) is 4.90 Å². The van der Waals surface area contributed by atoms with E-state index in [0.29, 0.717) is 25.6 Å². The van der Waals surface area contributed by atoms with Crippen molar-refractivity contribution in [3.05, 3.63) is 11.7 Å². The predicted octanol–water partition coefficient (Wildman–Crippen LogP) is 0.912. The second-order valence-corrected chi connectivity index (χ2v) is 4.64. The van der Waals surface area contributed by atoms with Crippen LogP contribution in [-0.2, 0) is 4.74 Å². The molecule has 0 unspecified atom stereocenters. The fourth-order valence-corrected chi connectivity index (χ4v) is 2.36. The van der Waals surface area contributed by atoms with Gasteiger partial charge in [0.15, 0.2) is 5.82 Å². The Morgan fingerprint density at radius 1 is 1.61 bits per heavy atom. The van der Waals surface area contributed by atoms with E-state index in [2.05, 4.69) is 15.0 Å². The summed E-state index contributed by atoms with van der Waals surface area (Å²) in [5, 5.41) is 13.9. The van der Waals surface area contributed by atoms with E-state index < -0.39 is 6.10 Å². The first-order valence-corrected chi connectivity index (χ1v) is 6.50. The Balaban J connectivity index is 1.91. The second kappa shape index (κ2) is 6.26.